The van der Waals surface area contributed by atoms with Crippen molar-refractivity contribution in [2.24, 2.45) is 5.92 Å². The molecule has 2 aromatic rings. The average molecular weight is 438 g/mol. The normalized spacial score (nSPS) is 16.1. The van der Waals surface area contributed by atoms with Crippen molar-refractivity contribution in [3.8, 4) is 5.82 Å². The number of pyridine rings is 1. The van der Waals surface area contributed by atoms with E-state index in [1.165, 1.54) is 16.9 Å². The summed E-state index contributed by atoms with van der Waals surface area (Å²) in [5.74, 6) is 0.437. The molecule has 0 saturated carbocycles. The van der Waals surface area contributed by atoms with Crippen molar-refractivity contribution in [2.45, 2.75) is 25.9 Å². The zero-order chi connectivity index (χ0) is 22.6. The standard InChI is InChI=1S/C21H29F3N6O/c1-15-18(14-27-30(15)19-5-4-17(13-25-19)21(22,23)24)20(31)26-12-16-6-8-29(9-7-16)11-10-28(2)3/h4-5,13-14,16H,6-12H2,1-3H3,(H,26,31). The van der Waals surface area contributed by atoms with E-state index in [2.05, 4.69) is 39.3 Å². The summed E-state index contributed by atoms with van der Waals surface area (Å²) in [5.41, 5.74) is 0.0974. The predicted octanol–water partition coefficient (Wildman–Crippen LogP) is 2.60. The van der Waals surface area contributed by atoms with Crippen molar-refractivity contribution in [1.82, 2.24) is 29.9 Å². The van der Waals surface area contributed by atoms with Gasteiger partial charge in [0.25, 0.3) is 5.91 Å². The number of carbonyl (C=O) groups excluding carboxylic acids is 1. The van der Waals surface area contributed by atoms with Gasteiger partial charge in [-0.2, -0.15) is 18.3 Å². The maximum Gasteiger partial charge on any atom is 0.417 e. The fraction of sp³-hybridized carbons (Fsp3) is 0.571. The van der Waals surface area contributed by atoms with Gasteiger partial charge in [-0.1, -0.05) is 0 Å². The molecule has 0 bridgehead atoms. The fourth-order valence-electron chi connectivity index (χ4n) is 3.63. The van der Waals surface area contributed by atoms with E-state index >= 15 is 0 Å². The van der Waals surface area contributed by atoms with Gasteiger partial charge in [-0.15, -0.1) is 0 Å². The number of likely N-dealkylation sites (tertiary alicyclic amines) is 1. The average Bonchev–Trinajstić information content (AvgIpc) is 3.12. The summed E-state index contributed by atoms with van der Waals surface area (Å²) in [6, 6.07) is 2.20. The molecule has 0 radical (unpaired) electrons. The number of nitrogens with one attached hydrogen (secondary N) is 1. The van der Waals surface area contributed by atoms with E-state index in [9.17, 15) is 18.0 Å². The lowest BCUT2D eigenvalue weighted by Gasteiger charge is -2.32. The highest BCUT2D eigenvalue weighted by Gasteiger charge is 2.31. The van der Waals surface area contributed by atoms with E-state index in [0.29, 0.717) is 23.7 Å². The van der Waals surface area contributed by atoms with E-state index in [0.717, 1.165) is 51.3 Å². The number of aromatic nitrogens is 3. The van der Waals surface area contributed by atoms with Crippen LogP contribution in [0.2, 0.25) is 0 Å². The number of hydrogen-bond acceptors (Lipinski definition) is 5. The Hall–Kier alpha value is -2.46. The molecule has 7 nitrogen and oxygen atoms in total. The second-order valence-corrected chi connectivity index (χ2v) is 8.26. The smallest absolute Gasteiger partial charge is 0.352 e. The number of halogens is 3. The molecule has 170 valence electrons. The Labute approximate surface area is 180 Å². The lowest BCUT2D eigenvalue weighted by Crippen LogP contribution is -2.41. The van der Waals surface area contributed by atoms with Crippen molar-refractivity contribution in [1.29, 1.82) is 0 Å². The molecule has 0 aliphatic carbocycles. The summed E-state index contributed by atoms with van der Waals surface area (Å²) in [6.07, 6.45) is -0.171. The number of carbonyl (C=O) groups is 1. The summed E-state index contributed by atoms with van der Waals surface area (Å²) < 4.78 is 39.5. The van der Waals surface area contributed by atoms with E-state index in [1.807, 2.05) is 0 Å². The first-order valence-corrected chi connectivity index (χ1v) is 10.4. The van der Waals surface area contributed by atoms with Crippen LogP contribution in [0.5, 0.6) is 0 Å². The molecule has 0 unspecified atom stereocenters. The predicted molar refractivity (Wildman–Crippen MR) is 111 cm³/mol. The minimum Gasteiger partial charge on any atom is -0.352 e. The lowest BCUT2D eigenvalue weighted by molar-refractivity contribution is -0.137. The number of rotatable bonds is 7. The van der Waals surface area contributed by atoms with Gasteiger partial charge in [0.15, 0.2) is 5.82 Å². The molecule has 1 amide bonds. The largest absolute Gasteiger partial charge is 0.417 e. The van der Waals surface area contributed by atoms with Gasteiger partial charge in [-0.05, 0) is 65.0 Å². The summed E-state index contributed by atoms with van der Waals surface area (Å²) >= 11 is 0. The minimum absolute atomic E-state index is 0.231. The Bertz CT molecular complexity index is 870. The maximum absolute atomic E-state index is 12.7. The van der Waals surface area contributed by atoms with Gasteiger partial charge in [0, 0.05) is 25.8 Å². The molecule has 1 aliphatic rings. The third kappa shape index (κ3) is 6.04. The van der Waals surface area contributed by atoms with Crippen LogP contribution >= 0.6 is 0 Å². The van der Waals surface area contributed by atoms with Crippen LogP contribution in [0.4, 0.5) is 13.2 Å². The number of piperidine rings is 1. The highest BCUT2D eigenvalue weighted by atomic mass is 19.4. The van der Waals surface area contributed by atoms with Crippen LogP contribution in [0.1, 0.15) is 34.5 Å². The third-order valence-corrected chi connectivity index (χ3v) is 5.67. The number of hydrogen-bond donors (Lipinski definition) is 1. The first-order chi connectivity index (χ1) is 14.6. The molecule has 10 heteroatoms. The van der Waals surface area contributed by atoms with Crippen molar-refractivity contribution in [3.05, 3.63) is 41.3 Å². The molecule has 2 aromatic heterocycles. The van der Waals surface area contributed by atoms with E-state index < -0.39 is 11.7 Å². The van der Waals surface area contributed by atoms with E-state index in [4.69, 9.17) is 0 Å². The Kier molecular flexibility index (Phi) is 7.32. The Morgan fingerprint density at radius 1 is 1.23 bits per heavy atom. The van der Waals surface area contributed by atoms with Crippen LogP contribution in [-0.2, 0) is 6.18 Å². The first kappa shape index (κ1) is 23.2. The summed E-state index contributed by atoms with van der Waals surface area (Å²) in [5, 5.41) is 7.12. The Morgan fingerprint density at radius 3 is 2.52 bits per heavy atom. The zero-order valence-electron chi connectivity index (χ0n) is 18.1. The van der Waals surface area contributed by atoms with Crippen molar-refractivity contribution >= 4 is 5.91 Å². The van der Waals surface area contributed by atoms with Gasteiger partial charge in [-0.25, -0.2) is 9.67 Å². The lowest BCUT2D eigenvalue weighted by atomic mass is 9.96. The highest BCUT2D eigenvalue weighted by Crippen LogP contribution is 2.28. The molecule has 1 saturated heterocycles. The monoisotopic (exact) mass is 438 g/mol. The maximum atomic E-state index is 12.7. The molecule has 1 fully saturated rings. The highest BCUT2D eigenvalue weighted by molar-refractivity contribution is 5.95. The van der Waals surface area contributed by atoms with Gasteiger partial charge in [0.2, 0.25) is 0 Å². The van der Waals surface area contributed by atoms with Crippen LogP contribution in [0.25, 0.3) is 5.82 Å². The minimum atomic E-state index is -4.45. The SMILES string of the molecule is Cc1c(C(=O)NCC2CCN(CCN(C)C)CC2)cnn1-c1ccc(C(F)(F)F)cn1. The number of nitrogens with zero attached hydrogens (tertiary/aromatic N) is 5. The quantitative estimate of drug-likeness (QED) is 0.720. The van der Waals surface area contributed by atoms with Crippen molar-refractivity contribution in [3.63, 3.8) is 0 Å². The Balaban J connectivity index is 1.54. The van der Waals surface area contributed by atoms with Crippen molar-refractivity contribution in [2.75, 3.05) is 46.8 Å². The number of amides is 1. The molecule has 31 heavy (non-hydrogen) atoms. The molecule has 3 heterocycles. The molecule has 0 atom stereocenters. The van der Waals surface area contributed by atoms with Crippen LogP contribution in [-0.4, -0.2) is 77.3 Å². The van der Waals surface area contributed by atoms with Gasteiger partial charge in [-0.3, -0.25) is 4.79 Å². The van der Waals surface area contributed by atoms with Gasteiger partial charge >= 0.3 is 6.18 Å². The summed E-state index contributed by atoms with van der Waals surface area (Å²) in [7, 11) is 4.14. The number of alkyl halides is 3. The molecule has 1 N–H and O–H groups in total. The summed E-state index contributed by atoms with van der Waals surface area (Å²) in [6.45, 7) is 6.46. The first-order valence-electron chi connectivity index (χ1n) is 10.4. The third-order valence-electron chi connectivity index (χ3n) is 5.67. The summed E-state index contributed by atoms with van der Waals surface area (Å²) in [4.78, 5) is 21.1. The van der Waals surface area contributed by atoms with Crippen LogP contribution in [0, 0.1) is 12.8 Å². The second-order valence-electron chi connectivity index (χ2n) is 8.26. The van der Waals surface area contributed by atoms with E-state index in [1.54, 1.807) is 6.92 Å². The van der Waals surface area contributed by atoms with Crippen LogP contribution in [0.3, 0.4) is 0 Å². The molecule has 0 spiro atoms. The number of likely N-dealkylation sites (N-methyl/N-ethyl adjacent to an activating group) is 1. The van der Waals surface area contributed by atoms with Gasteiger partial charge in [0.05, 0.1) is 23.0 Å². The molecule has 3 rings (SSSR count). The fourth-order valence-corrected chi connectivity index (χ4v) is 3.63. The Morgan fingerprint density at radius 2 is 1.94 bits per heavy atom. The van der Waals surface area contributed by atoms with Gasteiger partial charge in [0.1, 0.15) is 0 Å². The second kappa shape index (κ2) is 9.78. The van der Waals surface area contributed by atoms with Crippen molar-refractivity contribution < 1.29 is 18.0 Å². The molecule has 0 aromatic carbocycles. The van der Waals surface area contributed by atoms with Gasteiger partial charge < -0.3 is 15.1 Å². The molecular weight excluding hydrogens is 409 g/mol. The molecule has 1 aliphatic heterocycles. The zero-order valence-corrected chi connectivity index (χ0v) is 18.1. The van der Waals surface area contributed by atoms with E-state index in [-0.39, 0.29) is 11.7 Å². The topological polar surface area (TPSA) is 66.3 Å². The molecular formula is C21H29F3N6O. The van der Waals surface area contributed by atoms with Crippen LogP contribution in [0.15, 0.2) is 24.5 Å². The van der Waals surface area contributed by atoms with Crippen LogP contribution < -0.4 is 5.32 Å².